The first-order valence-electron chi connectivity index (χ1n) is 3.37. The van der Waals surface area contributed by atoms with Crippen LogP contribution in [0.2, 0.25) is 0 Å². The van der Waals surface area contributed by atoms with Crippen LogP contribution < -0.4 is 0 Å². The maximum absolute atomic E-state index is 10.5. The Kier molecular flexibility index (Phi) is 7.96. The highest BCUT2D eigenvalue weighted by molar-refractivity contribution is 7.91. The Morgan fingerprint density at radius 2 is 1.71 bits per heavy atom. The predicted octanol–water partition coefficient (Wildman–Crippen LogP) is -0.535. The molecule has 14 heavy (non-hydrogen) atoms. The van der Waals surface area contributed by atoms with E-state index in [2.05, 4.69) is 4.74 Å². The molecule has 8 heteroatoms. The summed E-state index contributed by atoms with van der Waals surface area (Å²) < 4.78 is 22.0. The Bertz CT molecular complexity index is 271. The van der Waals surface area contributed by atoms with Gasteiger partial charge < -0.3 is 14.9 Å². The van der Waals surface area contributed by atoms with Gasteiger partial charge in [-0.25, -0.2) is 9.59 Å². The maximum atomic E-state index is 10.5. The molecule has 0 bridgehead atoms. The van der Waals surface area contributed by atoms with E-state index < -0.39 is 21.7 Å². The Morgan fingerprint density at radius 3 is 1.79 bits per heavy atom. The lowest BCUT2D eigenvalue weighted by atomic mass is 10.7. The molecule has 84 valence electrons. The van der Waals surface area contributed by atoms with Crippen LogP contribution in [0.15, 0.2) is 0 Å². The Labute approximate surface area is 81.7 Å². The van der Waals surface area contributed by atoms with Gasteiger partial charge in [0.05, 0.1) is 12.4 Å². The lowest BCUT2D eigenvalue weighted by molar-refractivity contribution is -0.159. The first-order valence-corrected chi connectivity index (χ1v) is 5.51. The molecule has 0 amide bonds. The molecule has 0 aromatic carbocycles. The molecule has 0 aliphatic rings. The average Bonchev–Trinajstić information content (AvgIpc) is 2.00. The first-order chi connectivity index (χ1) is 6.20. The fourth-order valence-electron chi connectivity index (χ4n) is 0.242. The van der Waals surface area contributed by atoms with E-state index in [1.807, 2.05) is 0 Å². The number of aliphatic carboxylic acids is 2. The number of carboxylic acids is 2. The van der Waals surface area contributed by atoms with Crippen LogP contribution in [-0.4, -0.2) is 52.1 Å². The molecule has 0 radical (unpaired) electrons. The fourth-order valence-corrected chi connectivity index (χ4v) is 0.727. The van der Waals surface area contributed by atoms with Crippen molar-refractivity contribution in [1.29, 1.82) is 4.78 Å². The van der Waals surface area contributed by atoms with E-state index >= 15 is 0 Å². The van der Waals surface area contributed by atoms with Crippen LogP contribution in [0.1, 0.15) is 0 Å². The van der Waals surface area contributed by atoms with Crippen molar-refractivity contribution in [3.8, 4) is 0 Å². The summed E-state index contributed by atoms with van der Waals surface area (Å²) in [5.74, 6) is -3.31. The molecule has 1 atom stereocenters. The quantitative estimate of drug-likeness (QED) is 0.556. The van der Waals surface area contributed by atoms with Crippen LogP contribution >= 0.6 is 0 Å². The number of rotatable bonds is 3. The summed E-state index contributed by atoms with van der Waals surface area (Å²) in [5.41, 5.74) is 0. The second kappa shape index (κ2) is 7.27. The van der Waals surface area contributed by atoms with E-state index in [4.69, 9.17) is 24.6 Å². The normalized spacial score (nSPS) is 13.3. The summed E-state index contributed by atoms with van der Waals surface area (Å²) in [6.45, 7) is 0.416. The van der Waals surface area contributed by atoms with Crippen LogP contribution in [0.3, 0.4) is 0 Å². The molecule has 0 aliphatic heterocycles. The largest absolute Gasteiger partial charge is 0.473 e. The Morgan fingerprint density at radius 1 is 1.36 bits per heavy atom. The van der Waals surface area contributed by atoms with Crippen molar-refractivity contribution in [3.05, 3.63) is 0 Å². The van der Waals surface area contributed by atoms with E-state index in [1.165, 1.54) is 13.4 Å². The molecule has 0 fully saturated rings. The van der Waals surface area contributed by atoms with Crippen molar-refractivity contribution < 1.29 is 28.7 Å². The van der Waals surface area contributed by atoms with Gasteiger partial charge >= 0.3 is 11.9 Å². The second-order valence-corrected chi connectivity index (χ2v) is 4.73. The minimum atomic E-state index is -2.31. The van der Waals surface area contributed by atoms with Crippen LogP contribution in [-0.2, 0) is 24.1 Å². The summed E-state index contributed by atoms with van der Waals surface area (Å²) in [6.07, 6.45) is 1.41. The van der Waals surface area contributed by atoms with E-state index in [-0.39, 0.29) is 0 Å². The van der Waals surface area contributed by atoms with Gasteiger partial charge in [-0.05, 0) is 0 Å². The molecular weight excluding hydrogens is 214 g/mol. The molecule has 0 aromatic rings. The molecular formula is C6H13NO6S. The summed E-state index contributed by atoms with van der Waals surface area (Å²) >= 11 is 0. The number of hydrogen-bond donors (Lipinski definition) is 3. The molecule has 0 aromatic heterocycles. The lowest BCUT2D eigenvalue weighted by Crippen LogP contribution is -2.09. The van der Waals surface area contributed by atoms with Crippen molar-refractivity contribution in [3.63, 3.8) is 0 Å². The maximum Gasteiger partial charge on any atom is 0.414 e. The summed E-state index contributed by atoms with van der Waals surface area (Å²) in [4.78, 5) is 18.2. The summed E-state index contributed by atoms with van der Waals surface area (Å²) in [5, 5.41) is 14.8. The van der Waals surface area contributed by atoms with Gasteiger partial charge in [0.25, 0.3) is 0 Å². The van der Waals surface area contributed by atoms with Crippen molar-refractivity contribution in [2.45, 2.75) is 0 Å². The molecule has 0 saturated carbocycles. The van der Waals surface area contributed by atoms with Crippen LogP contribution in [0.25, 0.3) is 0 Å². The van der Waals surface area contributed by atoms with Gasteiger partial charge in [-0.1, -0.05) is 0 Å². The van der Waals surface area contributed by atoms with Gasteiger partial charge in [-0.15, -0.1) is 0 Å². The second-order valence-electron chi connectivity index (χ2n) is 2.31. The predicted molar refractivity (Wildman–Crippen MR) is 48.8 cm³/mol. The van der Waals surface area contributed by atoms with E-state index in [1.54, 1.807) is 0 Å². The number of ether oxygens (including phenoxy) is 1. The van der Waals surface area contributed by atoms with Crippen molar-refractivity contribution in [2.75, 3.05) is 25.7 Å². The van der Waals surface area contributed by atoms with Gasteiger partial charge in [-0.2, -0.15) is 0 Å². The van der Waals surface area contributed by atoms with Crippen molar-refractivity contribution in [1.82, 2.24) is 0 Å². The summed E-state index contributed by atoms with van der Waals surface area (Å²) in [7, 11) is -0.778. The average molecular weight is 227 g/mol. The standard InChI is InChI=1S/C4H11NO2S.C2H2O4/c1-7-3-4-8(2,5)6;3-1(4)2(5)6/h5H,3-4H2,1-2H3;(H,3,4)(H,5,6). The van der Waals surface area contributed by atoms with Crippen molar-refractivity contribution >= 4 is 21.7 Å². The topological polar surface area (TPSA) is 125 Å². The summed E-state index contributed by atoms with van der Waals surface area (Å²) in [6, 6.07) is 0. The molecule has 0 aliphatic carbocycles. The lowest BCUT2D eigenvalue weighted by Gasteiger charge is -1.96. The zero-order chi connectivity index (χ0) is 11.8. The number of methoxy groups -OCH3 is 1. The zero-order valence-corrected chi connectivity index (χ0v) is 8.67. The highest BCUT2D eigenvalue weighted by atomic mass is 32.2. The molecule has 0 heterocycles. The molecule has 0 spiro atoms. The molecule has 7 nitrogen and oxygen atoms in total. The number of carbonyl (C=O) groups is 2. The number of carboxylic acid groups (broad SMARTS) is 2. The van der Waals surface area contributed by atoms with E-state index in [9.17, 15) is 4.21 Å². The minimum absolute atomic E-state index is 0.337. The van der Waals surface area contributed by atoms with E-state index in [0.29, 0.717) is 12.4 Å². The molecule has 0 saturated heterocycles. The third kappa shape index (κ3) is 17.1. The fraction of sp³-hybridized carbons (Fsp3) is 0.667. The van der Waals surface area contributed by atoms with E-state index in [0.717, 1.165) is 0 Å². The third-order valence-corrected chi connectivity index (χ3v) is 1.81. The van der Waals surface area contributed by atoms with Gasteiger partial charge in [-0.3, -0.25) is 8.99 Å². The number of nitrogens with one attached hydrogen (secondary N) is 1. The van der Waals surface area contributed by atoms with Crippen LogP contribution in [0, 0.1) is 4.78 Å². The molecule has 0 rings (SSSR count). The van der Waals surface area contributed by atoms with Gasteiger partial charge in [0.1, 0.15) is 0 Å². The highest BCUT2D eigenvalue weighted by Gasteiger charge is 2.04. The smallest absolute Gasteiger partial charge is 0.414 e. The Balaban J connectivity index is 0. The molecule has 1 unspecified atom stereocenters. The molecule has 3 N–H and O–H groups in total. The van der Waals surface area contributed by atoms with Gasteiger partial charge in [0, 0.05) is 23.1 Å². The van der Waals surface area contributed by atoms with Crippen molar-refractivity contribution in [2.24, 2.45) is 0 Å². The number of hydrogen-bond acceptors (Lipinski definition) is 5. The zero-order valence-electron chi connectivity index (χ0n) is 7.85. The minimum Gasteiger partial charge on any atom is -0.473 e. The third-order valence-electron chi connectivity index (χ3n) is 0.860. The monoisotopic (exact) mass is 227 g/mol. The highest BCUT2D eigenvalue weighted by Crippen LogP contribution is 1.82. The van der Waals surface area contributed by atoms with Gasteiger partial charge in [0.2, 0.25) is 0 Å². The van der Waals surface area contributed by atoms with Crippen LogP contribution in [0.4, 0.5) is 0 Å². The van der Waals surface area contributed by atoms with Gasteiger partial charge in [0.15, 0.2) is 0 Å². The Hall–Kier alpha value is -1.15. The van der Waals surface area contributed by atoms with Crippen LogP contribution in [0.5, 0.6) is 0 Å². The first kappa shape index (κ1) is 15.3. The SMILES string of the molecule is COCCS(C)(=N)=O.O=C(O)C(=O)O.